The van der Waals surface area contributed by atoms with Crippen molar-refractivity contribution < 1.29 is 4.79 Å². The van der Waals surface area contributed by atoms with Crippen molar-refractivity contribution in [1.82, 2.24) is 19.6 Å². The van der Waals surface area contributed by atoms with Gasteiger partial charge < -0.3 is 9.80 Å². The Kier molecular flexibility index (Phi) is 6.47. The lowest BCUT2D eigenvalue weighted by atomic mass is 9.89. The number of benzene rings is 1. The third kappa shape index (κ3) is 4.84. The predicted molar refractivity (Wildman–Crippen MR) is 115 cm³/mol. The molecule has 6 heteroatoms. The fourth-order valence-electron chi connectivity index (χ4n) is 4.47. The molecule has 0 spiro atoms. The first kappa shape index (κ1) is 19.6. The zero-order chi connectivity index (χ0) is 19.3. The standard InChI is InChI=1S/C22H29BrN4O/c23-20-15-24-27(17-20)21-9-7-19(8-10-21)22(28)26-12-4-11-25(13-14-26)16-18-5-2-1-3-6-18/h7-10,15,17-18H,1-6,11-14,16H2. The van der Waals surface area contributed by atoms with Crippen LogP contribution in [0, 0.1) is 5.92 Å². The fourth-order valence-corrected chi connectivity index (χ4v) is 4.76. The van der Waals surface area contributed by atoms with Gasteiger partial charge in [-0.2, -0.15) is 5.10 Å². The largest absolute Gasteiger partial charge is 0.337 e. The second-order valence-corrected chi connectivity index (χ2v) is 9.02. The number of aromatic nitrogens is 2. The average molecular weight is 445 g/mol. The zero-order valence-corrected chi connectivity index (χ0v) is 18.0. The summed E-state index contributed by atoms with van der Waals surface area (Å²) >= 11 is 3.41. The Labute approximate surface area is 175 Å². The van der Waals surface area contributed by atoms with Gasteiger partial charge in [-0.05, 0) is 71.9 Å². The third-order valence-corrected chi connectivity index (χ3v) is 6.46. The molecule has 1 amide bonds. The molecule has 2 aromatic rings. The molecule has 2 aliphatic rings. The molecular weight excluding hydrogens is 416 g/mol. The van der Waals surface area contributed by atoms with E-state index in [0.717, 1.165) is 54.2 Å². The summed E-state index contributed by atoms with van der Waals surface area (Å²) in [4.78, 5) is 17.6. The van der Waals surface area contributed by atoms with E-state index in [-0.39, 0.29) is 5.91 Å². The van der Waals surface area contributed by atoms with E-state index in [1.54, 1.807) is 10.9 Å². The van der Waals surface area contributed by atoms with Crippen LogP contribution in [0.3, 0.4) is 0 Å². The maximum absolute atomic E-state index is 13.0. The van der Waals surface area contributed by atoms with E-state index < -0.39 is 0 Å². The first-order valence-electron chi connectivity index (χ1n) is 10.5. The maximum atomic E-state index is 13.0. The van der Waals surface area contributed by atoms with Gasteiger partial charge in [-0.1, -0.05) is 19.3 Å². The maximum Gasteiger partial charge on any atom is 0.253 e. The number of halogens is 1. The van der Waals surface area contributed by atoms with E-state index >= 15 is 0 Å². The SMILES string of the molecule is O=C(c1ccc(-n2cc(Br)cn2)cc1)N1CCCN(CC2CCCCC2)CC1. The Morgan fingerprint density at radius 2 is 1.79 bits per heavy atom. The molecule has 0 atom stereocenters. The number of rotatable bonds is 4. The zero-order valence-electron chi connectivity index (χ0n) is 16.4. The quantitative estimate of drug-likeness (QED) is 0.702. The summed E-state index contributed by atoms with van der Waals surface area (Å²) in [6.45, 7) is 5.03. The number of nitrogens with zero attached hydrogens (tertiary/aromatic N) is 4. The summed E-state index contributed by atoms with van der Waals surface area (Å²) in [5, 5.41) is 4.29. The molecule has 1 aliphatic heterocycles. The monoisotopic (exact) mass is 444 g/mol. The molecule has 1 saturated heterocycles. The Bertz CT molecular complexity index is 782. The molecule has 1 saturated carbocycles. The second-order valence-electron chi connectivity index (χ2n) is 8.10. The van der Waals surface area contributed by atoms with E-state index in [2.05, 4.69) is 25.9 Å². The molecule has 4 rings (SSSR count). The smallest absolute Gasteiger partial charge is 0.253 e. The van der Waals surface area contributed by atoms with Gasteiger partial charge in [0.1, 0.15) is 0 Å². The minimum absolute atomic E-state index is 0.146. The van der Waals surface area contributed by atoms with Crippen molar-refractivity contribution >= 4 is 21.8 Å². The fraction of sp³-hybridized carbons (Fsp3) is 0.545. The number of hydrogen-bond acceptors (Lipinski definition) is 3. The lowest BCUT2D eigenvalue weighted by Gasteiger charge is -2.28. The van der Waals surface area contributed by atoms with Crippen LogP contribution in [0.5, 0.6) is 0 Å². The number of carbonyl (C=O) groups is 1. The van der Waals surface area contributed by atoms with Gasteiger partial charge in [-0.15, -0.1) is 0 Å². The summed E-state index contributed by atoms with van der Waals surface area (Å²) in [5.74, 6) is 1.01. The Hall–Kier alpha value is -1.66. The number of amides is 1. The van der Waals surface area contributed by atoms with E-state index in [9.17, 15) is 4.79 Å². The van der Waals surface area contributed by atoms with Crippen LogP contribution in [0.1, 0.15) is 48.9 Å². The van der Waals surface area contributed by atoms with Crippen LogP contribution >= 0.6 is 15.9 Å². The molecule has 5 nitrogen and oxygen atoms in total. The highest BCUT2D eigenvalue weighted by Gasteiger charge is 2.23. The molecule has 1 aromatic carbocycles. The first-order valence-corrected chi connectivity index (χ1v) is 11.3. The van der Waals surface area contributed by atoms with Crippen molar-refractivity contribution in [1.29, 1.82) is 0 Å². The van der Waals surface area contributed by atoms with E-state index in [0.29, 0.717) is 0 Å². The van der Waals surface area contributed by atoms with Crippen LogP contribution in [-0.2, 0) is 0 Å². The van der Waals surface area contributed by atoms with Crippen molar-refractivity contribution in [3.05, 3.63) is 46.7 Å². The topological polar surface area (TPSA) is 41.4 Å². The minimum atomic E-state index is 0.146. The van der Waals surface area contributed by atoms with Crippen molar-refractivity contribution in [2.45, 2.75) is 38.5 Å². The van der Waals surface area contributed by atoms with Crippen LogP contribution in [0.15, 0.2) is 41.1 Å². The van der Waals surface area contributed by atoms with Crippen molar-refractivity contribution in [2.75, 3.05) is 32.7 Å². The van der Waals surface area contributed by atoms with Gasteiger partial charge in [-0.3, -0.25) is 4.79 Å². The van der Waals surface area contributed by atoms with Crippen LogP contribution in [0.25, 0.3) is 5.69 Å². The highest BCUT2D eigenvalue weighted by molar-refractivity contribution is 9.10. The molecule has 0 radical (unpaired) electrons. The van der Waals surface area contributed by atoms with Gasteiger partial charge in [0.15, 0.2) is 0 Å². The van der Waals surface area contributed by atoms with Gasteiger partial charge in [-0.25, -0.2) is 4.68 Å². The third-order valence-electron chi connectivity index (χ3n) is 6.05. The Morgan fingerprint density at radius 1 is 1.00 bits per heavy atom. The highest BCUT2D eigenvalue weighted by Crippen LogP contribution is 2.25. The lowest BCUT2D eigenvalue weighted by Crippen LogP contribution is -2.36. The summed E-state index contributed by atoms with van der Waals surface area (Å²) in [5.41, 5.74) is 1.72. The van der Waals surface area contributed by atoms with Crippen LogP contribution in [-0.4, -0.2) is 58.2 Å². The van der Waals surface area contributed by atoms with Gasteiger partial charge in [0.2, 0.25) is 0 Å². The molecule has 28 heavy (non-hydrogen) atoms. The predicted octanol–water partition coefficient (Wildman–Crippen LogP) is 4.36. The van der Waals surface area contributed by atoms with Crippen molar-refractivity contribution in [3.63, 3.8) is 0 Å². The van der Waals surface area contributed by atoms with Crippen LogP contribution < -0.4 is 0 Å². The number of carbonyl (C=O) groups excluding carboxylic acids is 1. The van der Waals surface area contributed by atoms with Crippen LogP contribution in [0.4, 0.5) is 0 Å². The van der Waals surface area contributed by atoms with E-state index in [4.69, 9.17) is 0 Å². The van der Waals surface area contributed by atoms with Crippen molar-refractivity contribution in [3.8, 4) is 5.69 Å². The Morgan fingerprint density at radius 3 is 2.50 bits per heavy atom. The summed E-state index contributed by atoms with van der Waals surface area (Å²) < 4.78 is 2.74. The average Bonchev–Trinajstić information content (AvgIpc) is 3.03. The molecule has 2 heterocycles. The lowest BCUT2D eigenvalue weighted by molar-refractivity contribution is 0.0760. The van der Waals surface area contributed by atoms with Gasteiger partial charge in [0, 0.05) is 37.9 Å². The molecule has 0 bridgehead atoms. The molecule has 1 aromatic heterocycles. The Balaban J connectivity index is 1.34. The highest BCUT2D eigenvalue weighted by atomic mass is 79.9. The second kappa shape index (κ2) is 9.23. The molecule has 150 valence electrons. The molecule has 2 fully saturated rings. The summed E-state index contributed by atoms with van der Waals surface area (Å²) in [6, 6.07) is 7.75. The molecule has 0 N–H and O–H groups in total. The van der Waals surface area contributed by atoms with Gasteiger partial charge >= 0.3 is 0 Å². The summed E-state index contributed by atoms with van der Waals surface area (Å²) in [7, 11) is 0. The van der Waals surface area contributed by atoms with E-state index in [1.807, 2.05) is 35.4 Å². The molecular formula is C22H29BrN4O. The van der Waals surface area contributed by atoms with E-state index in [1.165, 1.54) is 38.6 Å². The van der Waals surface area contributed by atoms with Gasteiger partial charge in [0.25, 0.3) is 5.91 Å². The minimum Gasteiger partial charge on any atom is -0.337 e. The first-order chi connectivity index (χ1) is 13.7. The van der Waals surface area contributed by atoms with Crippen LogP contribution in [0.2, 0.25) is 0 Å². The van der Waals surface area contributed by atoms with Gasteiger partial charge in [0.05, 0.1) is 16.4 Å². The van der Waals surface area contributed by atoms with Crippen molar-refractivity contribution in [2.24, 2.45) is 5.92 Å². The summed E-state index contributed by atoms with van der Waals surface area (Å²) in [6.07, 6.45) is 11.7. The number of hydrogen-bond donors (Lipinski definition) is 0. The molecule has 0 unspecified atom stereocenters. The normalized spacial score (nSPS) is 19.5. The molecule has 1 aliphatic carbocycles.